The van der Waals surface area contributed by atoms with E-state index < -0.39 is 5.60 Å². The summed E-state index contributed by atoms with van der Waals surface area (Å²) in [6, 6.07) is 0. The normalized spacial score (nSPS) is 16.8. The molecular weight excluding hydrogens is 277 g/mol. The molecule has 0 aromatic heterocycles. The highest BCUT2D eigenvalue weighted by atomic mass is 127. The molecule has 1 atom stereocenters. The quantitative estimate of drug-likeness (QED) is 0.593. The van der Waals surface area contributed by atoms with E-state index >= 15 is 0 Å². The van der Waals surface area contributed by atoms with Crippen molar-refractivity contribution in [2.75, 3.05) is 0 Å². The summed E-state index contributed by atoms with van der Waals surface area (Å²) in [6.07, 6.45) is 4.20. The summed E-state index contributed by atoms with van der Waals surface area (Å²) in [5.74, 6) is 0. The van der Waals surface area contributed by atoms with E-state index in [4.69, 9.17) is 5.41 Å². The fourth-order valence-electron chi connectivity index (χ4n) is 1.11. The van der Waals surface area contributed by atoms with Crippen molar-refractivity contribution in [3.8, 4) is 0 Å². The number of nitrogens with one attached hydrogen (secondary N) is 1. The Kier molecular flexibility index (Phi) is 5.80. The molecule has 0 aromatic carbocycles. The number of hydrogen-bond donors (Lipinski definition) is 2. The first-order valence-electron chi connectivity index (χ1n) is 4.61. The lowest BCUT2D eigenvalue weighted by atomic mass is 9.99. The zero-order valence-corrected chi connectivity index (χ0v) is 10.7. The van der Waals surface area contributed by atoms with Gasteiger partial charge in [0, 0.05) is 9.29 Å². The second kappa shape index (κ2) is 5.75. The number of rotatable bonds is 5. The van der Waals surface area contributed by atoms with Crippen molar-refractivity contribution in [3.05, 3.63) is 9.66 Å². The predicted octanol–water partition coefficient (Wildman–Crippen LogP) is 3.29. The lowest BCUT2D eigenvalue weighted by Gasteiger charge is -2.18. The molecule has 0 unspecified atom stereocenters. The van der Waals surface area contributed by atoms with E-state index in [0.717, 1.165) is 22.8 Å². The van der Waals surface area contributed by atoms with E-state index in [2.05, 4.69) is 22.6 Å². The van der Waals surface area contributed by atoms with E-state index in [1.807, 2.05) is 13.8 Å². The zero-order valence-electron chi connectivity index (χ0n) is 8.52. The third kappa shape index (κ3) is 5.41. The maximum Gasteiger partial charge on any atom is 0.0813 e. The molecule has 0 amide bonds. The van der Waals surface area contributed by atoms with Crippen LogP contribution in [0.4, 0.5) is 0 Å². The molecule has 2 nitrogen and oxygen atoms in total. The lowest BCUT2D eigenvalue weighted by Crippen LogP contribution is -2.21. The minimum Gasteiger partial charge on any atom is -0.386 e. The average Bonchev–Trinajstić information content (AvgIpc) is 2.01. The summed E-state index contributed by atoms with van der Waals surface area (Å²) < 4.78 is 0.860. The van der Waals surface area contributed by atoms with E-state index in [1.165, 1.54) is 0 Å². The molecule has 0 spiro atoms. The van der Waals surface area contributed by atoms with Crippen LogP contribution in [0.3, 0.4) is 0 Å². The van der Waals surface area contributed by atoms with Crippen molar-refractivity contribution < 1.29 is 5.11 Å². The Balaban J connectivity index is 4.43. The molecule has 0 saturated carbocycles. The molecule has 0 fully saturated rings. The van der Waals surface area contributed by atoms with Crippen LogP contribution < -0.4 is 0 Å². The Labute approximate surface area is 94.1 Å². The van der Waals surface area contributed by atoms with Crippen LogP contribution in [0, 0.1) is 5.41 Å². The highest BCUT2D eigenvalue weighted by molar-refractivity contribution is 14.1. The van der Waals surface area contributed by atoms with Gasteiger partial charge in [-0.2, -0.15) is 0 Å². The van der Waals surface area contributed by atoms with Crippen LogP contribution in [-0.2, 0) is 0 Å². The minimum absolute atomic E-state index is 0.594. The highest BCUT2D eigenvalue weighted by Gasteiger charge is 2.16. The Bertz CT molecular complexity index is 209. The maximum atomic E-state index is 9.85. The molecular formula is C10H18INO. The summed E-state index contributed by atoms with van der Waals surface area (Å²) in [6.45, 7) is 5.78. The topological polar surface area (TPSA) is 44.1 Å². The molecule has 0 rings (SSSR count). The zero-order chi connectivity index (χ0) is 10.5. The smallest absolute Gasteiger partial charge is 0.0813 e. The third-order valence-electron chi connectivity index (χ3n) is 1.84. The van der Waals surface area contributed by atoms with Gasteiger partial charge in [-0.3, -0.25) is 0 Å². The van der Waals surface area contributed by atoms with Crippen LogP contribution in [0.25, 0.3) is 0 Å². The maximum absolute atomic E-state index is 9.85. The van der Waals surface area contributed by atoms with Gasteiger partial charge in [0.15, 0.2) is 0 Å². The Hall–Kier alpha value is 0.1000. The SMILES string of the molecule is CCC[C@](C)(O)/C=C(/I)C(=N)CC. The second-order valence-corrected chi connectivity index (χ2v) is 4.59. The molecule has 0 bridgehead atoms. The van der Waals surface area contributed by atoms with Gasteiger partial charge >= 0.3 is 0 Å². The lowest BCUT2D eigenvalue weighted by molar-refractivity contribution is 0.101. The fourth-order valence-corrected chi connectivity index (χ4v) is 2.16. The van der Waals surface area contributed by atoms with Gasteiger partial charge in [0.25, 0.3) is 0 Å². The van der Waals surface area contributed by atoms with Crippen LogP contribution in [-0.4, -0.2) is 16.4 Å². The molecule has 13 heavy (non-hydrogen) atoms. The summed E-state index contributed by atoms with van der Waals surface area (Å²) in [5, 5.41) is 17.4. The molecule has 0 saturated heterocycles. The molecule has 0 heterocycles. The van der Waals surface area contributed by atoms with Gasteiger partial charge in [-0.05, 0) is 48.4 Å². The van der Waals surface area contributed by atoms with Gasteiger partial charge in [-0.1, -0.05) is 20.3 Å². The summed E-state index contributed by atoms with van der Waals surface area (Å²) in [5.41, 5.74) is -0.163. The van der Waals surface area contributed by atoms with Crippen LogP contribution >= 0.6 is 22.6 Å². The molecule has 0 aromatic rings. The number of hydrogen-bond acceptors (Lipinski definition) is 2. The van der Waals surface area contributed by atoms with Gasteiger partial charge < -0.3 is 10.5 Å². The summed E-state index contributed by atoms with van der Waals surface area (Å²) in [7, 11) is 0. The van der Waals surface area contributed by atoms with Crippen molar-refractivity contribution in [1.29, 1.82) is 5.41 Å². The van der Waals surface area contributed by atoms with Gasteiger partial charge in [0.1, 0.15) is 0 Å². The van der Waals surface area contributed by atoms with Crippen LogP contribution in [0.5, 0.6) is 0 Å². The molecule has 76 valence electrons. The van der Waals surface area contributed by atoms with Crippen molar-refractivity contribution in [1.82, 2.24) is 0 Å². The van der Waals surface area contributed by atoms with Gasteiger partial charge in [0.2, 0.25) is 0 Å². The number of halogens is 1. The van der Waals surface area contributed by atoms with Crippen molar-refractivity contribution in [2.24, 2.45) is 0 Å². The molecule has 0 aliphatic heterocycles. The highest BCUT2D eigenvalue weighted by Crippen LogP contribution is 2.20. The monoisotopic (exact) mass is 295 g/mol. The molecule has 3 heteroatoms. The Morgan fingerprint density at radius 2 is 2.08 bits per heavy atom. The first-order chi connectivity index (χ1) is 5.93. The molecule has 0 aliphatic carbocycles. The average molecular weight is 295 g/mol. The van der Waals surface area contributed by atoms with E-state index in [9.17, 15) is 5.11 Å². The van der Waals surface area contributed by atoms with Crippen molar-refractivity contribution >= 4 is 28.3 Å². The van der Waals surface area contributed by atoms with Crippen LogP contribution in [0.2, 0.25) is 0 Å². The fraction of sp³-hybridized carbons (Fsp3) is 0.700. The minimum atomic E-state index is -0.757. The number of allylic oxidation sites excluding steroid dienone is 1. The third-order valence-corrected chi connectivity index (χ3v) is 2.80. The standard InChI is InChI=1S/C10H18INO/c1-4-6-10(3,13)7-8(11)9(12)5-2/h7,12-13H,4-6H2,1-3H3/b8-7+,12-9?/t10-/m0/s1. The molecule has 0 aliphatic rings. The van der Waals surface area contributed by atoms with Gasteiger partial charge in [-0.15, -0.1) is 0 Å². The molecule has 0 radical (unpaired) electrons. The van der Waals surface area contributed by atoms with Crippen molar-refractivity contribution in [3.63, 3.8) is 0 Å². The molecule has 2 N–H and O–H groups in total. The summed E-state index contributed by atoms with van der Waals surface area (Å²) >= 11 is 2.11. The van der Waals surface area contributed by atoms with E-state index in [-0.39, 0.29) is 0 Å². The van der Waals surface area contributed by atoms with E-state index in [1.54, 1.807) is 13.0 Å². The largest absolute Gasteiger partial charge is 0.386 e. The Morgan fingerprint density at radius 3 is 2.46 bits per heavy atom. The van der Waals surface area contributed by atoms with Gasteiger partial charge in [-0.25, -0.2) is 0 Å². The van der Waals surface area contributed by atoms with Gasteiger partial charge in [0.05, 0.1) is 5.60 Å². The first kappa shape index (κ1) is 13.1. The summed E-state index contributed by atoms with van der Waals surface area (Å²) in [4.78, 5) is 0. The Morgan fingerprint density at radius 1 is 1.54 bits per heavy atom. The number of aliphatic hydroxyl groups is 1. The first-order valence-corrected chi connectivity index (χ1v) is 5.69. The van der Waals surface area contributed by atoms with Crippen LogP contribution in [0.1, 0.15) is 40.0 Å². The van der Waals surface area contributed by atoms with E-state index in [0.29, 0.717) is 5.71 Å². The van der Waals surface area contributed by atoms with Crippen molar-refractivity contribution in [2.45, 2.75) is 45.6 Å². The second-order valence-electron chi connectivity index (χ2n) is 3.43. The van der Waals surface area contributed by atoms with Crippen LogP contribution in [0.15, 0.2) is 9.66 Å². The predicted molar refractivity (Wildman–Crippen MR) is 65.7 cm³/mol.